The maximum Gasteiger partial charge on any atom is 0.254 e. The number of ether oxygens (including phenoxy) is 3. The molecule has 0 aliphatic heterocycles. The maximum absolute atomic E-state index is 13.7. The van der Waals surface area contributed by atoms with E-state index in [4.69, 9.17) is 14.2 Å². The van der Waals surface area contributed by atoms with Gasteiger partial charge in [-0.05, 0) is 73.0 Å². The lowest BCUT2D eigenvalue weighted by Gasteiger charge is -2.28. The van der Waals surface area contributed by atoms with E-state index in [2.05, 4.69) is 6.92 Å². The third-order valence-electron chi connectivity index (χ3n) is 6.54. The zero-order chi connectivity index (χ0) is 28.0. The number of carbonyl (C=O) groups excluding carboxylic acids is 2. The van der Waals surface area contributed by atoms with Crippen molar-refractivity contribution < 1.29 is 23.8 Å². The number of aryl methyl sites for hydroxylation is 1. The number of amides is 2. The summed E-state index contributed by atoms with van der Waals surface area (Å²) in [7, 11) is 3.22. The minimum absolute atomic E-state index is 0.0117. The molecule has 39 heavy (non-hydrogen) atoms. The number of nitrogens with zero attached hydrogens (tertiary/aromatic N) is 2. The molecule has 0 fully saturated rings. The van der Waals surface area contributed by atoms with E-state index in [0.717, 1.165) is 16.9 Å². The Morgan fingerprint density at radius 1 is 0.872 bits per heavy atom. The number of rotatable bonds is 16. The van der Waals surface area contributed by atoms with Crippen molar-refractivity contribution in [1.82, 2.24) is 9.80 Å². The molecule has 0 radical (unpaired) electrons. The average molecular weight is 553 g/mol. The number of hydrogen-bond acceptors (Lipinski definition) is 6. The summed E-state index contributed by atoms with van der Waals surface area (Å²) in [6, 6.07) is 17.5. The minimum Gasteiger partial charge on any atom is -0.493 e. The standard InChI is InChI=1S/C31H40N2O5S/c1-5-24-10-13-26(14-11-24)31(35)33(17-8-19-38-6-2)23-30(34)32(22-27-9-7-20-39-27)18-16-25-12-15-28(36-3)29(21-25)37-4/h7,9-15,20-21H,5-6,8,16-19,22-23H2,1-4H3. The minimum atomic E-state index is -0.140. The molecule has 0 spiro atoms. The molecule has 0 N–H and O–H groups in total. The van der Waals surface area contributed by atoms with Gasteiger partial charge in [-0.3, -0.25) is 9.59 Å². The Kier molecular flexibility index (Phi) is 12.3. The third-order valence-corrected chi connectivity index (χ3v) is 7.40. The summed E-state index contributed by atoms with van der Waals surface area (Å²) in [4.78, 5) is 31.8. The molecule has 0 saturated heterocycles. The number of carbonyl (C=O) groups is 2. The lowest BCUT2D eigenvalue weighted by molar-refractivity contribution is -0.132. The van der Waals surface area contributed by atoms with Gasteiger partial charge in [0, 0.05) is 36.7 Å². The van der Waals surface area contributed by atoms with Crippen LogP contribution < -0.4 is 9.47 Å². The number of benzene rings is 2. The Morgan fingerprint density at radius 2 is 1.62 bits per heavy atom. The van der Waals surface area contributed by atoms with Crippen LogP contribution in [0.3, 0.4) is 0 Å². The molecule has 2 aromatic carbocycles. The van der Waals surface area contributed by atoms with Gasteiger partial charge in [-0.2, -0.15) is 0 Å². The van der Waals surface area contributed by atoms with E-state index >= 15 is 0 Å². The van der Waals surface area contributed by atoms with Crippen LogP contribution >= 0.6 is 11.3 Å². The van der Waals surface area contributed by atoms with Crippen LogP contribution in [0.4, 0.5) is 0 Å². The second-order valence-corrected chi connectivity index (χ2v) is 10.2. The Balaban J connectivity index is 1.77. The molecule has 1 aromatic heterocycles. The first-order chi connectivity index (χ1) is 19.0. The molecule has 7 nitrogen and oxygen atoms in total. The zero-order valence-corrected chi connectivity index (χ0v) is 24.3. The van der Waals surface area contributed by atoms with Gasteiger partial charge in [0.05, 0.1) is 20.8 Å². The van der Waals surface area contributed by atoms with Crippen LogP contribution in [0.2, 0.25) is 0 Å². The highest BCUT2D eigenvalue weighted by Crippen LogP contribution is 2.28. The molecule has 0 saturated carbocycles. The summed E-state index contributed by atoms with van der Waals surface area (Å²) in [5, 5.41) is 2.01. The van der Waals surface area contributed by atoms with Crippen molar-refractivity contribution in [3.8, 4) is 11.5 Å². The van der Waals surface area contributed by atoms with Gasteiger partial charge in [0.15, 0.2) is 11.5 Å². The first kappa shape index (κ1) is 30.2. The van der Waals surface area contributed by atoms with Crippen molar-refractivity contribution in [1.29, 1.82) is 0 Å². The van der Waals surface area contributed by atoms with Gasteiger partial charge in [-0.25, -0.2) is 0 Å². The molecular weight excluding hydrogens is 512 g/mol. The predicted molar refractivity (Wildman–Crippen MR) is 156 cm³/mol. The van der Waals surface area contributed by atoms with Crippen molar-refractivity contribution >= 4 is 23.2 Å². The van der Waals surface area contributed by atoms with E-state index in [9.17, 15) is 9.59 Å². The molecule has 0 unspecified atom stereocenters. The smallest absolute Gasteiger partial charge is 0.254 e. The second-order valence-electron chi connectivity index (χ2n) is 9.16. The summed E-state index contributed by atoms with van der Waals surface area (Å²) in [5.74, 6) is 1.10. The molecule has 3 rings (SSSR count). The largest absolute Gasteiger partial charge is 0.493 e. The third kappa shape index (κ3) is 9.11. The topological polar surface area (TPSA) is 68.3 Å². The van der Waals surface area contributed by atoms with E-state index in [1.54, 1.807) is 30.5 Å². The molecule has 0 bridgehead atoms. The quantitative estimate of drug-likeness (QED) is 0.221. The van der Waals surface area contributed by atoms with Gasteiger partial charge >= 0.3 is 0 Å². The predicted octanol–water partition coefficient (Wildman–Crippen LogP) is 5.47. The van der Waals surface area contributed by atoms with Gasteiger partial charge in [0.2, 0.25) is 5.91 Å². The molecule has 2 amide bonds. The summed E-state index contributed by atoms with van der Waals surface area (Å²) in [5.41, 5.74) is 2.80. The molecule has 3 aromatic rings. The van der Waals surface area contributed by atoms with Crippen molar-refractivity contribution in [2.75, 3.05) is 47.1 Å². The van der Waals surface area contributed by atoms with Crippen LogP contribution in [0.1, 0.15) is 46.6 Å². The highest BCUT2D eigenvalue weighted by Gasteiger charge is 2.23. The number of hydrogen-bond donors (Lipinski definition) is 0. The first-order valence-electron chi connectivity index (χ1n) is 13.5. The lowest BCUT2D eigenvalue weighted by Crippen LogP contribution is -2.44. The molecule has 210 valence electrons. The Hall–Kier alpha value is -3.36. The van der Waals surface area contributed by atoms with E-state index in [-0.39, 0.29) is 18.4 Å². The molecular formula is C31H40N2O5S. The van der Waals surface area contributed by atoms with Crippen LogP contribution in [0.15, 0.2) is 60.0 Å². The monoisotopic (exact) mass is 552 g/mol. The average Bonchev–Trinajstić information content (AvgIpc) is 3.49. The fourth-order valence-corrected chi connectivity index (χ4v) is 4.99. The molecule has 1 heterocycles. The van der Waals surface area contributed by atoms with Gasteiger partial charge in [-0.1, -0.05) is 31.2 Å². The fourth-order valence-electron chi connectivity index (χ4n) is 4.27. The van der Waals surface area contributed by atoms with Gasteiger partial charge in [0.1, 0.15) is 6.54 Å². The lowest BCUT2D eigenvalue weighted by atomic mass is 10.1. The van der Waals surface area contributed by atoms with E-state index in [1.165, 1.54) is 5.56 Å². The normalized spacial score (nSPS) is 10.8. The van der Waals surface area contributed by atoms with Crippen LogP contribution in [0.5, 0.6) is 11.5 Å². The van der Waals surface area contributed by atoms with Crippen molar-refractivity contribution in [2.24, 2.45) is 0 Å². The van der Waals surface area contributed by atoms with Crippen LogP contribution in [0.25, 0.3) is 0 Å². The maximum atomic E-state index is 13.7. The van der Waals surface area contributed by atoms with Crippen molar-refractivity contribution in [2.45, 2.75) is 39.7 Å². The van der Waals surface area contributed by atoms with Crippen molar-refractivity contribution in [3.05, 3.63) is 81.5 Å². The van der Waals surface area contributed by atoms with Crippen LogP contribution in [-0.2, 0) is 28.9 Å². The molecule has 8 heteroatoms. The van der Waals surface area contributed by atoms with Crippen molar-refractivity contribution in [3.63, 3.8) is 0 Å². The molecule has 0 aliphatic carbocycles. The van der Waals surface area contributed by atoms with E-state index < -0.39 is 0 Å². The number of thiophene rings is 1. The van der Waals surface area contributed by atoms with Gasteiger partial charge in [0.25, 0.3) is 5.91 Å². The fraction of sp³-hybridized carbons (Fsp3) is 0.419. The van der Waals surface area contributed by atoms with Crippen LogP contribution in [-0.4, -0.2) is 68.7 Å². The van der Waals surface area contributed by atoms with Crippen LogP contribution in [0, 0.1) is 0 Å². The number of methoxy groups -OCH3 is 2. The molecule has 0 atom stereocenters. The van der Waals surface area contributed by atoms with Gasteiger partial charge < -0.3 is 24.0 Å². The SMILES string of the molecule is CCOCCCN(CC(=O)N(CCc1ccc(OC)c(OC)c1)Cc1cccs1)C(=O)c1ccc(CC)cc1. The summed E-state index contributed by atoms with van der Waals surface area (Å²) in [6.07, 6.45) is 2.22. The summed E-state index contributed by atoms with van der Waals surface area (Å²) in [6.45, 7) is 6.66. The highest BCUT2D eigenvalue weighted by atomic mass is 32.1. The van der Waals surface area contributed by atoms with Gasteiger partial charge in [-0.15, -0.1) is 11.3 Å². The Labute approximate surface area is 236 Å². The summed E-state index contributed by atoms with van der Waals surface area (Å²) < 4.78 is 16.3. The molecule has 0 aliphatic rings. The first-order valence-corrected chi connectivity index (χ1v) is 14.3. The van der Waals surface area contributed by atoms with E-state index in [1.807, 2.05) is 71.8 Å². The summed E-state index contributed by atoms with van der Waals surface area (Å²) >= 11 is 1.62. The Morgan fingerprint density at radius 3 is 2.26 bits per heavy atom. The second kappa shape index (κ2) is 15.9. The highest BCUT2D eigenvalue weighted by molar-refractivity contribution is 7.09. The Bertz CT molecular complexity index is 1160. The zero-order valence-electron chi connectivity index (χ0n) is 23.5. The van der Waals surface area contributed by atoms with E-state index in [0.29, 0.717) is 62.8 Å².